The van der Waals surface area contributed by atoms with E-state index in [0.717, 1.165) is 12.1 Å². The first-order valence-electron chi connectivity index (χ1n) is 10.9. The molecule has 0 aromatic heterocycles. The third-order valence-corrected chi connectivity index (χ3v) is 5.89. The van der Waals surface area contributed by atoms with Crippen LogP contribution in [0, 0.1) is 5.92 Å². The highest BCUT2D eigenvalue weighted by molar-refractivity contribution is 5.94. The van der Waals surface area contributed by atoms with Crippen molar-refractivity contribution in [2.45, 2.75) is 58.2 Å². The van der Waals surface area contributed by atoms with Gasteiger partial charge in [0, 0.05) is 24.7 Å². The number of amides is 2. The molecule has 3 rings (SSSR count). The number of hydrogen-bond acceptors (Lipinski definition) is 5. The van der Waals surface area contributed by atoms with Gasteiger partial charge in [0.2, 0.25) is 11.8 Å². The summed E-state index contributed by atoms with van der Waals surface area (Å²) >= 11 is 0. The molecule has 178 valence electrons. The fourth-order valence-corrected chi connectivity index (χ4v) is 4.30. The molecule has 1 N–H and O–H groups in total. The summed E-state index contributed by atoms with van der Waals surface area (Å²) in [5.74, 6) is -0.500. The summed E-state index contributed by atoms with van der Waals surface area (Å²) in [4.78, 5) is 29.4. The summed E-state index contributed by atoms with van der Waals surface area (Å²) in [6.45, 7) is 8.18. The third kappa shape index (κ3) is 6.59. The molecule has 0 saturated carbocycles. The van der Waals surface area contributed by atoms with Crippen LogP contribution in [0.1, 0.15) is 33.6 Å². The normalized spacial score (nSPS) is 24.1. The molecule has 32 heavy (non-hydrogen) atoms. The van der Waals surface area contributed by atoms with Crippen LogP contribution in [0.3, 0.4) is 0 Å². The van der Waals surface area contributed by atoms with Gasteiger partial charge in [-0.3, -0.25) is 14.5 Å². The van der Waals surface area contributed by atoms with Gasteiger partial charge < -0.3 is 19.7 Å². The maximum atomic E-state index is 12.9. The number of alkyl halides is 3. The number of anilines is 1. The van der Waals surface area contributed by atoms with Crippen LogP contribution in [0.25, 0.3) is 0 Å². The second-order valence-electron chi connectivity index (χ2n) is 8.55. The number of likely N-dealkylation sites (tertiary alicyclic amines) is 1. The van der Waals surface area contributed by atoms with E-state index in [0.29, 0.717) is 44.7 Å². The fraction of sp³-hybridized carbons (Fsp3) is 0.636. The molecule has 2 aliphatic heterocycles. The van der Waals surface area contributed by atoms with Crippen LogP contribution in [0.15, 0.2) is 24.3 Å². The number of morpholine rings is 1. The Morgan fingerprint density at radius 2 is 1.66 bits per heavy atom. The van der Waals surface area contributed by atoms with Gasteiger partial charge in [0.05, 0.1) is 18.2 Å². The van der Waals surface area contributed by atoms with E-state index >= 15 is 0 Å². The van der Waals surface area contributed by atoms with Gasteiger partial charge in [0.15, 0.2) is 0 Å². The van der Waals surface area contributed by atoms with E-state index in [-0.39, 0.29) is 35.7 Å². The molecule has 1 aromatic carbocycles. The highest BCUT2D eigenvalue weighted by Gasteiger charge is 2.34. The Bertz CT molecular complexity index is 785. The minimum absolute atomic E-state index is 0.0283. The molecule has 0 radical (unpaired) electrons. The summed E-state index contributed by atoms with van der Waals surface area (Å²) in [6, 6.07) is 4.60. The first kappa shape index (κ1) is 24.3. The standard InChI is InChI=1S/C22H30F3N3O4/c1-14-12-28(13-15(2)31-14)21(30)17-8-10-27(11-9-17)16(3)20(29)26-18-4-6-19(7-5-18)32-22(23,24)25/h4-7,14-17H,8-13H2,1-3H3,(H,26,29). The van der Waals surface area contributed by atoms with Crippen LogP contribution in [-0.4, -0.2) is 72.4 Å². The maximum Gasteiger partial charge on any atom is 0.573 e. The van der Waals surface area contributed by atoms with E-state index in [9.17, 15) is 22.8 Å². The number of piperidine rings is 1. The lowest BCUT2D eigenvalue weighted by Crippen LogP contribution is -2.52. The van der Waals surface area contributed by atoms with Crippen molar-refractivity contribution < 1.29 is 32.2 Å². The molecule has 0 aliphatic carbocycles. The van der Waals surface area contributed by atoms with E-state index in [1.165, 1.54) is 12.1 Å². The first-order chi connectivity index (χ1) is 15.0. The van der Waals surface area contributed by atoms with Crippen molar-refractivity contribution in [2.75, 3.05) is 31.5 Å². The molecule has 0 spiro atoms. The molecule has 10 heteroatoms. The Kier molecular flexibility index (Phi) is 7.66. The van der Waals surface area contributed by atoms with Crippen molar-refractivity contribution in [1.29, 1.82) is 0 Å². The van der Waals surface area contributed by atoms with Crippen molar-refractivity contribution in [3.63, 3.8) is 0 Å². The van der Waals surface area contributed by atoms with Crippen LogP contribution in [-0.2, 0) is 14.3 Å². The monoisotopic (exact) mass is 457 g/mol. The number of halogens is 3. The number of nitrogens with zero attached hydrogens (tertiary/aromatic N) is 2. The predicted octanol–water partition coefficient (Wildman–Crippen LogP) is 3.26. The fourth-order valence-electron chi connectivity index (χ4n) is 4.30. The lowest BCUT2D eigenvalue weighted by Gasteiger charge is -2.40. The number of hydrogen-bond donors (Lipinski definition) is 1. The Morgan fingerprint density at radius 3 is 2.19 bits per heavy atom. The SMILES string of the molecule is CC1CN(C(=O)C2CCN(C(C)C(=O)Nc3ccc(OC(F)(F)F)cc3)CC2)CC(C)O1. The molecule has 7 nitrogen and oxygen atoms in total. The summed E-state index contributed by atoms with van der Waals surface area (Å²) in [5.41, 5.74) is 0.386. The zero-order valence-corrected chi connectivity index (χ0v) is 18.5. The number of nitrogens with one attached hydrogen (secondary N) is 1. The molecular weight excluding hydrogens is 427 g/mol. The van der Waals surface area contributed by atoms with E-state index in [2.05, 4.69) is 10.1 Å². The molecule has 2 fully saturated rings. The van der Waals surface area contributed by atoms with Crippen LogP contribution in [0.5, 0.6) is 5.75 Å². The highest BCUT2D eigenvalue weighted by atomic mass is 19.4. The van der Waals surface area contributed by atoms with Crippen molar-refractivity contribution in [1.82, 2.24) is 9.80 Å². The largest absolute Gasteiger partial charge is 0.573 e. The van der Waals surface area contributed by atoms with Crippen LogP contribution >= 0.6 is 0 Å². The second-order valence-corrected chi connectivity index (χ2v) is 8.55. The van der Waals surface area contributed by atoms with Crippen LogP contribution in [0.4, 0.5) is 18.9 Å². The number of rotatable bonds is 5. The van der Waals surface area contributed by atoms with Crippen molar-refractivity contribution in [2.24, 2.45) is 5.92 Å². The zero-order valence-electron chi connectivity index (χ0n) is 18.5. The highest BCUT2D eigenvalue weighted by Crippen LogP contribution is 2.25. The van der Waals surface area contributed by atoms with Gasteiger partial charge in [-0.05, 0) is 71.0 Å². The third-order valence-electron chi connectivity index (χ3n) is 5.89. The van der Waals surface area contributed by atoms with Crippen molar-refractivity contribution in [3.05, 3.63) is 24.3 Å². The van der Waals surface area contributed by atoms with Gasteiger partial charge in [0.1, 0.15) is 5.75 Å². The lowest BCUT2D eigenvalue weighted by molar-refractivity contribution is -0.274. The predicted molar refractivity (Wildman–Crippen MR) is 112 cm³/mol. The van der Waals surface area contributed by atoms with Crippen LogP contribution in [0.2, 0.25) is 0 Å². The number of ether oxygens (including phenoxy) is 2. The van der Waals surface area contributed by atoms with E-state index in [1.54, 1.807) is 6.92 Å². The summed E-state index contributed by atoms with van der Waals surface area (Å²) in [7, 11) is 0. The average molecular weight is 457 g/mol. The Hall–Kier alpha value is -2.33. The van der Waals surface area contributed by atoms with Crippen molar-refractivity contribution >= 4 is 17.5 Å². The van der Waals surface area contributed by atoms with Gasteiger partial charge >= 0.3 is 6.36 Å². The number of benzene rings is 1. The van der Waals surface area contributed by atoms with Crippen molar-refractivity contribution in [3.8, 4) is 5.75 Å². The van der Waals surface area contributed by atoms with E-state index in [4.69, 9.17) is 4.74 Å². The summed E-state index contributed by atoms with van der Waals surface area (Å²) in [5, 5.41) is 2.72. The van der Waals surface area contributed by atoms with E-state index < -0.39 is 12.4 Å². The molecule has 2 aliphatic rings. The molecule has 1 aromatic rings. The Morgan fingerprint density at radius 1 is 1.09 bits per heavy atom. The van der Waals surface area contributed by atoms with Gasteiger partial charge in [-0.15, -0.1) is 13.2 Å². The topological polar surface area (TPSA) is 71.1 Å². The zero-order chi connectivity index (χ0) is 23.5. The molecule has 2 saturated heterocycles. The van der Waals surface area contributed by atoms with Crippen LogP contribution < -0.4 is 10.1 Å². The molecular formula is C22H30F3N3O4. The lowest BCUT2D eigenvalue weighted by atomic mass is 9.93. The number of carbonyl (C=O) groups excluding carboxylic acids is 2. The summed E-state index contributed by atoms with van der Waals surface area (Å²) in [6.07, 6.45) is -3.34. The van der Waals surface area contributed by atoms with Gasteiger partial charge in [-0.1, -0.05) is 0 Å². The quantitative estimate of drug-likeness (QED) is 0.735. The summed E-state index contributed by atoms with van der Waals surface area (Å²) < 4.78 is 46.3. The minimum Gasteiger partial charge on any atom is -0.406 e. The smallest absolute Gasteiger partial charge is 0.406 e. The molecule has 2 amide bonds. The molecule has 3 atom stereocenters. The van der Waals surface area contributed by atoms with E-state index in [1.807, 2.05) is 23.6 Å². The molecule has 3 unspecified atom stereocenters. The second kappa shape index (κ2) is 10.1. The molecule has 2 heterocycles. The Balaban J connectivity index is 1.47. The molecule has 0 bridgehead atoms. The number of carbonyl (C=O) groups is 2. The minimum atomic E-state index is -4.76. The average Bonchev–Trinajstić information content (AvgIpc) is 2.72. The van der Waals surface area contributed by atoms with Gasteiger partial charge in [-0.25, -0.2) is 0 Å². The maximum absolute atomic E-state index is 12.9. The van der Waals surface area contributed by atoms with Gasteiger partial charge in [0.25, 0.3) is 0 Å². The Labute approximate surface area is 185 Å². The van der Waals surface area contributed by atoms with Gasteiger partial charge in [-0.2, -0.15) is 0 Å². The first-order valence-corrected chi connectivity index (χ1v) is 10.9.